The number of hydrogen-bond acceptors (Lipinski definition) is 4. The molecule has 5 heteroatoms. The molecule has 0 aliphatic heterocycles. The Morgan fingerprint density at radius 3 is 2.68 bits per heavy atom. The molecular weight excluding hydrogens is 278 g/mol. The molecule has 0 saturated heterocycles. The number of pyridine rings is 1. The van der Waals surface area contributed by atoms with Crippen molar-refractivity contribution in [3.05, 3.63) is 54.2 Å². The number of para-hydroxylation sites is 1. The van der Waals surface area contributed by atoms with E-state index in [1.807, 2.05) is 30.3 Å². The number of carbonyl (C=O) groups excluding carboxylic acids is 1. The first-order valence-electron chi connectivity index (χ1n) is 7.45. The van der Waals surface area contributed by atoms with Crippen molar-refractivity contribution in [2.75, 3.05) is 6.54 Å². The Kier molecular flexibility index (Phi) is 4.34. The van der Waals surface area contributed by atoms with Crippen LogP contribution in [0.5, 0.6) is 11.6 Å². The molecule has 1 aromatic carbocycles. The Hall–Kier alpha value is -2.40. The molecular formula is C17H19N3O2. The lowest BCUT2D eigenvalue weighted by molar-refractivity contribution is 0.0950. The summed E-state index contributed by atoms with van der Waals surface area (Å²) in [5.74, 6) is 1.58. The summed E-state index contributed by atoms with van der Waals surface area (Å²) >= 11 is 0. The Morgan fingerprint density at radius 1 is 1.27 bits per heavy atom. The molecule has 1 atom stereocenters. The molecule has 0 bridgehead atoms. The third-order valence-electron chi connectivity index (χ3n) is 3.69. The van der Waals surface area contributed by atoms with Crippen molar-refractivity contribution in [1.29, 1.82) is 0 Å². The second-order valence-electron chi connectivity index (χ2n) is 5.51. The van der Waals surface area contributed by atoms with Crippen LogP contribution in [0.15, 0.2) is 48.7 Å². The predicted molar refractivity (Wildman–Crippen MR) is 83.8 cm³/mol. The lowest BCUT2D eigenvalue weighted by Gasteiger charge is -2.11. The summed E-state index contributed by atoms with van der Waals surface area (Å²) in [6, 6.07) is 12.8. The fourth-order valence-electron chi connectivity index (χ4n) is 2.19. The van der Waals surface area contributed by atoms with Gasteiger partial charge in [0.05, 0.1) is 5.56 Å². The van der Waals surface area contributed by atoms with Crippen LogP contribution in [0.3, 0.4) is 0 Å². The number of nitrogens with two attached hydrogens (primary N) is 1. The first-order valence-corrected chi connectivity index (χ1v) is 7.45. The average molecular weight is 297 g/mol. The molecule has 1 aromatic heterocycles. The maximum absolute atomic E-state index is 12.0. The highest BCUT2D eigenvalue weighted by molar-refractivity contribution is 5.93. The first kappa shape index (κ1) is 14.5. The molecule has 1 unspecified atom stereocenters. The molecule has 1 aliphatic rings. The molecule has 1 fully saturated rings. The standard InChI is InChI=1S/C17H19N3O2/c18-15(12-6-7-12)11-20-17(21)13-8-9-16(19-10-13)22-14-4-2-1-3-5-14/h1-5,8-10,12,15H,6-7,11,18H2,(H,20,21). The number of amides is 1. The number of carbonyl (C=O) groups is 1. The molecule has 1 aliphatic carbocycles. The number of rotatable bonds is 6. The van der Waals surface area contributed by atoms with Crippen molar-refractivity contribution >= 4 is 5.91 Å². The maximum atomic E-state index is 12.0. The van der Waals surface area contributed by atoms with Crippen LogP contribution >= 0.6 is 0 Å². The SMILES string of the molecule is NC(CNC(=O)c1ccc(Oc2ccccc2)nc1)C1CC1. The van der Waals surface area contributed by atoms with E-state index >= 15 is 0 Å². The van der Waals surface area contributed by atoms with E-state index in [4.69, 9.17) is 10.5 Å². The molecule has 1 saturated carbocycles. The van der Waals surface area contributed by atoms with E-state index in [-0.39, 0.29) is 11.9 Å². The average Bonchev–Trinajstić information content (AvgIpc) is 3.39. The van der Waals surface area contributed by atoms with Gasteiger partial charge in [-0.15, -0.1) is 0 Å². The molecule has 0 spiro atoms. The number of benzene rings is 1. The van der Waals surface area contributed by atoms with Gasteiger partial charge in [0, 0.05) is 24.8 Å². The number of aromatic nitrogens is 1. The van der Waals surface area contributed by atoms with Crippen molar-refractivity contribution in [2.45, 2.75) is 18.9 Å². The Labute approximate surface area is 129 Å². The molecule has 22 heavy (non-hydrogen) atoms. The van der Waals surface area contributed by atoms with Crippen LogP contribution in [-0.4, -0.2) is 23.5 Å². The number of nitrogens with one attached hydrogen (secondary N) is 1. The van der Waals surface area contributed by atoms with E-state index in [1.54, 1.807) is 12.1 Å². The fourth-order valence-corrected chi connectivity index (χ4v) is 2.19. The van der Waals surface area contributed by atoms with E-state index in [2.05, 4.69) is 10.3 Å². The molecule has 0 radical (unpaired) electrons. The summed E-state index contributed by atoms with van der Waals surface area (Å²) in [7, 11) is 0. The zero-order valence-electron chi connectivity index (χ0n) is 12.2. The number of hydrogen-bond donors (Lipinski definition) is 2. The number of nitrogens with zero attached hydrogens (tertiary/aromatic N) is 1. The Balaban J connectivity index is 1.55. The van der Waals surface area contributed by atoms with Gasteiger partial charge in [0.25, 0.3) is 5.91 Å². The summed E-state index contributed by atoms with van der Waals surface area (Å²) in [4.78, 5) is 16.2. The van der Waals surface area contributed by atoms with Crippen LogP contribution in [0.2, 0.25) is 0 Å². The summed E-state index contributed by atoms with van der Waals surface area (Å²) < 4.78 is 5.59. The number of ether oxygens (including phenoxy) is 1. The van der Waals surface area contributed by atoms with Gasteiger partial charge >= 0.3 is 0 Å². The van der Waals surface area contributed by atoms with Gasteiger partial charge in [0.1, 0.15) is 5.75 Å². The van der Waals surface area contributed by atoms with E-state index < -0.39 is 0 Å². The van der Waals surface area contributed by atoms with Crippen LogP contribution in [0.4, 0.5) is 0 Å². The zero-order valence-corrected chi connectivity index (χ0v) is 12.2. The van der Waals surface area contributed by atoms with E-state index in [9.17, 15) is 4.79 Å². The van der Waals surface area contributed by atoms with Gasteiger partial charge in [0.2, 0.25) is 5.88 Å². The molecule has 3 rings (SSSR count). The van der Waals surface area contributed by atoms with Crippen molar-refractivity contribution < 1.29 is 9.53 Å². The Morgan fingerprint density at radius 2 is 2.05 bits per heavy atom. The molecule has 2 aromatic rings. The van der Waals surface area contributed by atoms with Gasteiger partial charge in [-0.05, 0) is 37.0 Å². The topological polar surface area (TPSA) is 77.2 Å². The van der Waals surface area contributed by atoms with Gasteiger partial charge in [-0.25, -0.2) is 4.98 Å². The molecule has 3 N–H and O–H groups in total. The van der Waals surface area contributed by atoms with Gasteiger partial charge in [-0.1, -0.05) is 18.2 Å². The molecule has 1 heterocycles. The zero-order chi connectivity index (χ0) is 15.4. The first-order chi connectivity index (χ1) is 10.7. The second-order valence-corrected chi connectivity index (χ2v) is 5.51. The van der Waals surface area contributed by atoms with Gasteiger partial charge in [0.15, 0.2) is 0 Å². The largest absolute Gasteiger partial charge is 0.439 e. The minimum atomic E-state index is -0.158. The summed E-state index contributed by atoms with van der Waals surface area (Å²) in [6.07, 6.45) is 3.85. The maximum Gasteiger partial charge on any atom is 0.252 e. The second kappa shape index (κ2) is 6.58. The smallest absolute Gasteiger partial charge is 0.252 e. The summed E-state index contributed by atoms with van der Waals surface area (Å²) in [6.45, 7) is 0.506. The van der Waals surface area contributed by atoms with Crippen molar-refractivity contribution in [1.82, 2.24) is 10.3 Å². The van der Waals surface area contributed by atoms with Crippen molar-refractivity contribution in [3.63, 3.8) is 0 Å². The fraction of sp³-hybridized carbons (Fsp3) is 0.294. The van der Waals surface area contributed by atoms with Gasteiger partial charge in [-0.3, -0.25) is 4.79 Å². The summed E-state index contributed by atoms with van der Waals surface area (Å²) in [5.41, 5.74) is 6.47. The summed E-state index contributed by atoms with van der Waals surface area (Å²) in [5, 5.41) is 2.84. The highest BCUT2D eigenvalue weighted by Gasteiger charge is 2.28. The highest BCUT2D eigenvalue weighted by atomic mass is 16.5. The Bertz CT molecular complexity index is 624. The van der Waals surface area contributed by atoms with E-state index in [0.717, 1.165) is 0 Å². The van der Waals surface area contributed by atoms with Gasteiger partial charge < -0.3 is 15.8 Å². The minimum absolute atomic E-state index is 0.0533. The third kappa shape index (κ3) is 3.83. The molecule has 1 amide bonds. The van der Waals surface area contributed by atoms with Crippen LogP contribution in [0.25, 0.3) is 0 Å². The van der Waals surface area contributed by atoms with E-state index in [1.165, 1.54) is 19.0 Å². The van der Waals surface area contributed by atoms with Crippen molar-refractivity contribution in [2.24, 2.45) is 11.7 Å². The van der Waals surface area contributed by atoms with E-state index in [0.29, 0.717) is 29.7 Å². The van der Waals surface area contributed by atoms with Crippen LogP contribution < -0.4 is 15.8 Å². The van der Waals surface area contributed by atoms with Gasteiger partial charge in [-0.2, -0.15) is 0 Å². The van der Waals surface area contributed by atoms with Crippen LogP contribution in [-0.2, 0) is 0 Å². The van der Waals surface area contributed by atoms with Crippen molar-refractivity contribution in [3.8, 4) is 11.6 Å². The normalized spacial score (nSPS) is 15.1. The quantitative estimate of drug-likeness (QED) is 0.858. The van der Waals surface area contributed by atoms with Crippen LogP contribution in [0, 0.1) is 5.92 Å². The molecule has 114 valence electrons. The third-order valence-corrected chi connectivity index (χ3v) is 3.69. The highest BCUT2D eigenvalue weighted by Crippen LogP contribution is 2.31. The monoisotopic (exact) mass is 297 g/mol. The predicted octanol–water partition coefficient (Wildman–Crippen LogP) is 2.34. The van der Waals surface area contributed by atoms with Crippen LogP contribution in [0.1, 0.15) is 23.2 Å². The lowest BCUT2D eigenvalue weighted by atomic mass is 10.2. The lowest BCUT2D eigenvalue weighted by Crippen LogP contribution is -2.38. The molecule has 5 nitrogen and oxygen atoms in total. The minimum Gasteiger partial charge on any atom is -0.439 e.